The lowest BCUT2D eigenvalue weighted by Crippen LogP contribution is -2.61. The number of benzene rings is 2. The molecule has 5 aliphatic rings. The fourth-order valence-electron chi connectivity index (χ4n) is 10.1. The number of hydrogen-bond donors (Lipinski definition) is 1. The van der Waals surface area contributed by atoms with Crippen molar-refractivity contribution in [3.8, 4) is 5.75 Å². The van der Waals surface area contributed by atoms with Gasteiger partial charge in [0.1, 0.15) is 11.4 Å². The Bertz CT molecular complexity index is 1800. The van der Waals surface area contributed by atoms with Gasteiger partial charge < -0.3 is 14.4 Å². The van der Waals surface area contributed by atoms with E-state index in [9.17, 15) is 13.2 Å². The van der Waals surface area contributed by atoms with Gasteiger partial charge in [-0.05, 0) is 132 Å². The summed E-state index contributed by atoms with van der Waals surface area (Å²) in [6, 6.07) is 12.3. The number of nitrogens with zero attached hydrogens (tertiary/aromatic N) is 3. The SMILES string of the molecule is CC/C=C/[C@](CN1CCN2CCCC[C@@H]2C1)(OCC)[C@@H]1CC[C@H]1CN1C[C@@]2(CCCc3cc(Cl)ccc32)COc2ccc(C(=O)NS(=O)(=O)C(C)C)cc21. The van der Waals surface area contributed by atoms with Crippen LogP contribution >= 0.6 is 11.6 Å². The van der Waals surface area contributed by atoms with E-state index in [1.54, 1.807) is 19.9 Å². The summed E-state index contributed by atoms with van der Waals surface area (Å²) in [5.74, 6) is 0.777. The van der Waals surface area contributed by atoms with Gasteiger partial charge in [0.05, 0.1) is 17.5 Å². The molecular formula is C43H61ClN4O5S. The summed E-state index contributed by atoms with van der Waals surface area (Å²) in [6.07, 6.45) is 14.8. The summed E-state index contributed by atoms with van der Waals surface area (Å²) in [7, 11) is -3.80. The highest BCUT2D eigenvalue weighted by molar-refractivity contribution is 7.90. The van der Waals surface area contributed by atoms with E-state index < -0.39 is 26.8 Å². The van der Waals surface area contributed by atoms with Crippen molar-refractivity contribution in [3.05, 3.63) is 70.3 Å². The molecule has 0 bridgehead atoms. The van der Waals surface area contributed by atoms with Gasteiger partial charge >= 0.3 is 0 Å². The van der Waals surface area contributed by atoms with E-state index >= 15 is 0 Å². The van der Waals surface area contributed by atoms with Crippen LogP contribution in [0.1, 0.15) is 101 Å². The maximum atomic E-state index is 13.5. The first-order valence-corrected chi connectivity index (χ1v) is 22.5. The monoisotopic (exact) mass is 780 g/mol. The maximum absolute atomic E-state index is 13.5. The second kappa shape index (κ2) is 16.5. The van der Waals surface area contributed by atoms with Crippen LogP contribution in [-0.4, -0.2) is 100 Å². The molecule has 1 amide bonds. The van der Waals surface area contributed by atoms with Crippen LogP contribution in [0.4, 0.5) is 5.69 Å². The van der Waals surface area contributed by atoms with Crippen LogP contribution in [0, 0.1) is 11.8 Å². The Morgan fingerprint density at radius 1 is 1.09 bits per heavy atom. The molecule has 1 saturated carbocycles. The Morgan fingerprint density at radius 2 is 1.94 bits per heavy atom. The number of piperazine rings is 1. The van der Waals surface area contributed by atoms with Crippen molar-refractivity contribution in [1.29, 1.82) is 0 Å². The number of aryl methyl sites for hydroxylation is 1. The smallest absolute Gasteiger partial charge is 0.264 e. The van der Waals surface area contributed by atoms with Crippen molar-refractivity contribution in [2.45, 2.75) is 108 Å². The molecule has 0 unspecified atom stereocenters. The van der Waals surface area contributed by atoms with Crippen LogP contribution < -0.4 is 14.4 Å². The standard InChI is InChI=1S/C43H61ClN4O5S/c1-5-7-20-43(53-6-2,29-46-22-23-47-21-9-8-12-36(47)27-46)38-16-13-34(38)26-48-28-42(19-10-11-32-24-35(44)15-17-37(32)42)30-52-40-18-14-33(25-39(40)48)41(49)45-54(50,51)31(3)4/h7,14-15,17-18,20,24-25,31,34,36,38H,5-6,8-13,16,19,21-23,26-30H2,1-4H3,(H,45,49)/b20-7+/t34-,36+,38+,42-,43+/m0/s1. The average Bonchev–Trinajstić information content (AvgIpc) is 3.29. The number of rotatable bonds is 12. The second-order valence-electron chi connectivity index (χ2n) is 16.9. The fraction of sp³-hybridized carbons (Fsp3) is 0.651. The highest BCUT2D eigenvalue weighted by atomic mass is 35.5. The first-order valence-electron chi connectivity index (χ1n) is 20.6. The molecule has 54 heavy (non-hydrogen) atoms. The molecule has 296 valence electrons. The summed E-state index contributed by atoms with van der Waals surface area (Å²) in [5.41, 5.74) is 3.06. The molecule has 3 aliphatic heterocycles. The second-order valence-corrected chi connectivity index (χ2v) is 19.5. The van der Waals surface area contributed by atoms with E-state index in [2.05, 4.69) is 57.6 Å². The van der Waals surface area contributed by atoms with Crippen LogP contribution in [-0.2, 0) is 26.6 Å². The van der Waals surface area contributed by atoms with E-state index in [0.29, 0.717) is 36.7 Å². The molecule has 7 rings (SSSR count). The third-order valence-electron chi connectivity index (χ3n) is 13.1. The van der Waals surface area contributed by atoms with Gasteiger partial charge in [0.2, 0.25) is 10.0 Å². The summed E-state index contributed by atoms with van der Waals surface area (Å²) in [5, 5.41) is 0.0263. The average molecular weight is 782 g/mol. The molecule has 2 aromatic carbocycles. The minimum Gasteiger partial charge on any atom is -0.490 e. The lowest BCUT2D eigenvalue weighted by molar-refractivity contribution is -0.116. The summed E-state index contributed by atoms with van der Waals surface area (Å²) in [4.78, 5) is 21.3. The Balaban J connectivity index is 1.22. The van der Waals surface area contributed by atoms with Crippen molar-refractivity contribution < 1.29 is 22.7 Å². The van der Waals surface area contributed by atoms with Gasteiger partial charge in [-0.25, -0.2) is 13.1 Å². The molecule has 0 aromatic heterocycles. The van der Waals surface area contributed by atoms with Gasteiger partial charge in [0.25, 0.3) is 5.91 Å². The van der Waals surface area contributed by atoms with Crippen LogP contribution in [0.15, 0.2) is 48.6 Å². The van der Waals surface area contributed by atoms with E-state index in [1.165, 1.54) is 36.9 Å². The van der Waals surface area contributed by atoms with Gasteiger partial charge in [-0.1, -0.05) is 43.2 Å². The number of fused-ring (bicyclic) bond motifs is 4. The molecule has 3 fully saturated rings. The number of carbonyl (C=O) groups excluding carboxylic acids is 1. The summed E-state index contributed by atoms with van der Waals surface area (Å²) in [6.45, 7) is 15.6. The summed E-state index contributed by atoms with van der Waals surface area (Å²) < 4.78 is 41.4. The van der Waals surface area contributed by atoms with Crippen molar-refractivity contribution in [2.75, 3.05) is 63.9 Å². The van der Waals surface area contributed by atoms with E-state index in [-0.39, 0.29) is 5.41 Å². The van der Waals surface area contributed by atoms with E-state index in [1.807, 2.05) is 18.2 Å². The molecule has 1 N–H and O–H groups in total. The molecule has 11 heteroatoms. The van der Waals surface area contributed by atoms with Gasteiger partial charge in [-0.15, -0.1) is 0 Å². The lowest BCUT2D eigenvalue weighted by atomic mass is 9.63. The number of nitrogens with one attached hydrogen (secondary N) is 1. The molecule has 0 radical (unpaired) electrons. The van der Waals surface area contributed by atoms with E-state index in [0.717, 1.165) is 94.3 Å². The molecule has 2 aliphatic carbocycles. The van der Waals surface area contributed by atoms with Gasteiger partial charge in [-0.2, -0.15) is 0 Å². The number of piperidine rings is 1. The maximum Gasteiger partial charge on any atom is 0.264 e. The molecule has 1 spiro atoms. The first kappa shape index (κ1) is 39.6. The highest BCUT2D eigenvalue weighted by Crippen LogP contribution is 2.49. The Labute approximate surface area is 328 Å². The summed E-state index contributed by atoms with van der Waals surface area (Å²) >= 11 is 6.52. The zero-order valence-corrected chi connectivity index (χ0v) is 34.4. The highest BCUT2D eigenvalue weighted by Gasteiger charge is 2.50. The molecule has 9 nitrogen and oxygen atoms in total. The lowest BCUT2D eigenvalue weighted by Gasteiger charge is -2.53. The number of anilines is 1. The van der Waals surface area contributed by atoms with Crippen LogP contribution in [0.5, 0.6) is 5.75 Å². The van der Waals surface area contributed by atoms with Gasteiger partial charge in [0, 0.05) is 67.9 Å². The van der Waals surface area contributed by atoms with Crippen LogP contribution in [0.3, 0.4) is 0 Å². The molecule has 2 saturated heterocycles. The number of amides is 1. The quantitative estimate of drug-likeness (QED) is 0.226. The minimum atomic E-state index is -3.80. The topological polar surface area (TPSA) is 91.4 Å². The number of halogens is 1. The zero-order chi connectivity index (χ0) is 38.1. The van der Waals surface area contributed by atoms with Crippen molar-refractivity contribution >= 4 is 33.2 Å². The zero-order valence-electron chi connectivity index (χ0n) is 32.8. The molecule has 2 aromatic rings. The third-order valence-corrected chi connectivity index (χ3v) is 15.0. The Morgan fingerprint density at radius 3 is 2.70 bits per heavy atom. The van der Waals surface area contributed by atoms with Crippen molar-refractivity contribution in [1.82, 2.24) is 14.5 Å². The Hall–Kier alpha value is -2.63. The van der Waals surface area contributed by atoms with E-state index in [4.69, 9.17) is 21.1 Å². The van der Waals surface area contributed by atoms with Gasteiger partial charge in [0.15, 0.2) is 0 Å². The number of carbonyl (C=O) groups is 1. The minimum absolute atomic E-state index is 0.265. The predicted octanol–water partition coefficient (Wildman–Crippen LogP) is 7.22. The van der Waals surface area contributed by atoms with Gasteiger partial charge in [-0.3, -0.25) is 14.6 Å². The molecule has 5 atom stereocenters. The van der Waals surface area contributed by atoms with Crippen LogP contribution in [0.2, 0.25) is 5.02 Å². The normalized spacial score (nSPS) is 27.4. The van der Waals surface area contributed by atoms with Crippen LogP contribution in [0.25, 0.3) is 0 Å². The van der Waals surface area contributed by atoms with Crippen molar-refractivity contribution in [3.63, 3.8) is 0 Å². The Kier molecular flexibility index (Phi) is 12.1. The fourth-order valence-corrected chi connectivity index (χ4v) is 10.9. The predicted molar refractivity (Wildman–Crippen MR) is 217 cm³/mol. The first-order chi connectivity index (χ1) is 26.0. The molecule has 3 heterocycles. The largest absolute Gasteiger partial charge is 0.490 e. The number of ether oxygens (including phenoxy) is 2. The molecular weight excluding hydrogens is 720 g/mol. The third kappa shape index (κ3) is 8.11. The van der Waals surface area contributed by atoms with Crippen molar-refractivity contribution in [2.24, 2.45) is 11.8 Å². The number of sulfonamides is 1. The number of hydrogen-bond acceptors (Lipinski definition) is 8. The number of allylic oxidation sites excluding steroid dienone is 1.